The minimum absolute atomic E-state index is 0.661. The number of benzene rings is 1. The number of hydrogen-bond acceptors (Lipinski definition) is 4. The summed E-state index contributed by atoms with van der Waals surface area (Å²) < 4.78 is 2.22. The van der Waals surface area contributed by atoms with Crippen LogP contribution in [0.4, 0.5) is 5.69 Å². The molecule has 1 aromatic carbocycles. The predicted molar refractivity (Wildman–Crippen MR) is 132 cm³/mol. The SMILES string of the molecule is CN(C)c1ccc(CNC[C@H]2C[C@@H]3CCN2C[C@@H]3c2cc(C3CCCCC3)nn2C)cc1. The summed E-state index contributed by atoms with van der Waals surface area (Å²) in [5.74, 6) is 2.17. The van der Waals surface area contributed by atoms with Gasteiger partial charge in [-0.15, -0.1) is 0 Å². The van der Waals surface area contributed by atoms with Gasteiger partial charge in [0.15, 0.2) is 0 Å². The number of anilines is 1. The highest BCUT2D eigenvalue weighted by Gasteiger charge is 2.41. The molecule has 1 saturated carbocycles. The van der Waals surface area contributed by atoms with E-state index in [2.05, 4.69) is 71.3 Å². The molecule has 0 radical (unpaired) electrons. The first-order chi connectivity index (χ1) is 15.6. The fourth-order valence-electron chi connectivity index (χ4n) is 6.43. The summed E-state index contributed by atoms with van der Waals surface area (Å²) in [6.45, 7) is 4.52. The number of piperidine rings is 3. The number of fused-ring (bicyclic) bond motifs is 3. The smallest absolute Gasteiger partial charge is 0.0658 e. The van der Waals surface area contributed by atoms with E-state index in [-0.39, 0.29) is 0 Å². The molecule has 4 atom stereocenters. The second kappa shape index (κ2) is 9.56. The zero-order chi connectivity index (χ0) is 22.1. The van der Waals surface area contributed by atoms with Gasteiger partial charge in [0, 0.05) is 70.0 Å². The predicted octanol–water partition coefficient (Wildman–Crippen LogP) is 4.50. The molecule has 6 rings (SSSR count). The number of nitrogens with zero attached hydrogens (tertiary/aromatic N) is 4. The minimum atomic E-state index is 0.661. The number of aryl methyl sites for hydroxylation is 1. The number of nitrogens with one attached hydrogen (secondary N) is 1. The van der Waals surface area contributed by atoms with Gasteiger partial charge in [0.05, 0.1) is 5.69 Å². The average molecular weight is 436 g/mol. The zero-order valence-corrected chi connectivity index (χ0v) is 20.3. The molecule has 1 unspecified atom stereocenters. The molecule has 1 aromatic heterocycles. The van der Waals surface area contributed by atoms with Gasteiger partial charge in [-0.25, -0.2) is 0 Å². The van der Waals surface area contributed by atoms with Crippen molar-refractivity contribution in [3.05, 3.63) is 47.3 Å². The van der Waals surface area contributed by atoms with E-state index in [4.69, 9.17) is 5.10 Å². The first-order valence-electron chi connectivity index (χ1n) is 12.8. The Morgan fingerprint density at radius 3 is 2.53 bits per heavy atom. The van der Waals surface area contributed by atoms with Crippen molar-refractivity contribution in [3.8, 4) is 0 Å². The molecule has 3 aliphatic heterocycles. The van der Waals surface area contributed by atoms with Crippen molar-refractivity contribution in [2.45, 2.75) is 69.4 Å². The molecule has 0 amide bonds. The lowest BCUT2D eigenvalue weighted by Crippen LogP contribution is -2.55. The van der Waals surface area contributed by atoms with Gasteiger partial charge >= 0.3 is 0 Å². The van der Waals surface area contributed by atoms with E-state index in [0.717, 1.165) is 19.0 Å². The highest BCUT2D eigenvalue weighted by molar-refractivity contribution is 5.45. The molecule has 4 aliphatic rings. The molecule has 1 aliphatic carbocycles. The first kappa shape index (κ1) is 22.0. The number of aromatic nitrogens is 2. The molecule has 2 aromatic rings. The van der Waals surface area contributed by atoms with Crippen LogP contribution in [0.15, 0.2) is 30.3 Å². The molecular formula is C27H41N5. The normalized spacial score (nSPS) is 28.2. The Kier molecular flexibility index (Phi) is 6.56. The monoisotopic (exact) mass is 435 g/mol. The zero-order valence-electron chi connectivity index (χ0n) is 20.3. The molecule has 4 fully saturated rings. The molecular weight excluding hydrogens is 394 g/mol. The fraction of sp³-hybridized carbons (Fsp3) is 0.667. The van der Waals surface area contributed by atoms with Crippen LogP contribution in [0.1, 0.15) is 73.7 Å². The van der Waals surface area contributed by atoms with Crippen LogP contribution in [0.5, 0.6) is 0 Å². The molecule has 0 spiro atoms. The van der Waals surface area contributed by atoms with Gasteiger partial charge in [0.1, 0.15) is 0 Å². The Labute approximate surface area is 194 Å². The van der Waals surface area contributed by atoms with Crippen LogP contribution in [0.3, 0.4) is 0 Å². The Bertz CT molecular complexity index is 880. The summed E-state index contributed by atoms with van der Waals surface area (Å²) in [4.78, 5) is 4.90. The highest BCUT2D eigenvalue weighted by atomic mass is 15.3. The Morgan fingerprint density at radius 1 is 1.06 bits per heavy atom. The van der Waals surface area contributed by atoms with Crippen molar-refractivity contribution >= 4 is 5.69 Å². The van der Waals surface area contributed by atoms with E-state index in [9.17, 15) is 0 Å². The summed E-state index contributed by atoms with van der Waals surface area (Å²) in [6.07, 6.45) is 9.51. The van der Waals surface area contributed by atoms with Crippen LogP contribution < -0.4 is 10.2 Å². The van der Waals surface area contributed by atoms with Crippen LogP contribution >= 0.6 is 0 Å². The van der Waals surface area contributed by atoms with Crippen LogP contribution in [0, 0.1) is 5.92 Å². The maximum absolute atomic E-state index is 5.00. The maximum atomic E-state index is 5.00. The lowest BCUT2D eigenvalue weighted by atomic mass is 9.74. The summed E-state index contributed by atoms with van der Waals surface area (Å²) in [7, 11) is 6.37. The van der Waals surface area contributed by atoms with E-state index in [0.29, 0.717) is 17.9 Å². The second-order valence-electron chi connectivity index (χ2n) is 10.7. The van der Waals surface area contributed by atoms with E-state index in [1.54, 1.807) is 0 Å². The van der Waals surface area contributed by atoms with E-state index < -0.39 is 0 Å². The van der Waals surface area contributed by atoms with Crippen LogP contribution in [0.25, 0.3) is 0 Å². The Morgan fingerprint density at radius 2 is 1.84 bits per heavy atom. The van der Waals surface area contributed by atoms with Crippen molar-refractivity contribution in [1.82, 2.24) is 20.0 Å². The van der Waals surface area contributed by atoms with E-state index in [1.807, 2.05) is 0 Å². The number of rotatable bonds is 7. The van der Waals surface area contributed by atoms with Gasteiger partial charge < -0.3 is 10.2 Å². The van der Waals surface area contributed by atoms with Crippen molar-refractivity contribution in [3.63, 3.8) is 0 Å². The lowest BCUT2D eigenvalue weighted by molar-refractivity contribution is 0.0282. The molecule has 4 heterocycles. The van der Waals surface area contributed by atoms with Gasteiger partial charge in [0.2, 0.25) is 0 Å². The Hall–Kier alpha value is -1.85. The summed E-state index contributed by atoms with van der Waals surface area (Å²) >= 11 is 0. The van der Waals surface area contributed by atoms with Crippen molar-refractivity contribution in [2.24, 2.45) is 13.0 Å². The van der Waals surface area contributed by atoms with Crippen molar-refractivity contribution < 1.29 is 0 Å². The second-order valence-corrected chi connectivity index (χ2v) is 10.7. The minimum Gasteiger partial charge on any atom is -0.378 e. The third kappa shape index (κ3) is 4.60. The first-order valence-corrected chi connectivity index (χ1v) is 12.8. The van der Waals surface area contributed by atoms with Crippen LogP contribution in [0.2, 0.25) is 0 Å². The molecule has 5 heteroatoms. The van der Waals surface area contributed by atoms with Gasteiger partial charge in [-0.05, 0) is 61.9 Å². The highest BCUT2D eigenvalue weighted by Crippen LogP contribution is 2.42. The van der Waals surface area contributed by atoms with Gasteiger partial charge in [-0.3, -0.25) is 9.58 Å². The molecule has 1 N–H and O–H groups in total. The van der Waals surface area contributed by atoms with E-state index in [1.165, 1.54) is 80.7 Å². The quantitative estimate of drug-likeness (QED) is 0.695. The maximum Gasteiger partial charge on any atom is 0.0658 e. The lowest BCUT2D eigenvalue weighted by Gasteiger charge is -2.50. The van der Waals surface area contributed by atoms with Gasteiger partial charge in [0.25, 0.3) is 0 Å². The summed E-state index contributed by atoms with van der Waals surface area (Å²) in [5.41, 5.74) is 5.50. The standard InChI is InChI=1S/C27H41N5/c1-30(2)23-11-9-20(10-12-23)17-28-18-24-15-22-13-14-32(24)19-25(22)27-16-26(29-31(27)3)21-7-5-4-6-8-21/h9-12,16,21-22,24-25,28H,4-8,13-15,17-19H2,1-3H3/t22-,24+,25-/m0/s1. The van der Waals surface area contributed by atoms with Crippen molar-refractivity contribution in [1.29, 1.82) is 0 Å². The van der Waals surface area contributed by atoms with E-state index >= 15 is 0 Å². The molecule has 5 nitrogen and oxygen atoms in total. The fourth-order valence-corrected chi connectivity index (χ4v) is 6.43. The topological polar surface area (TPSA) is 36.3 Å². The third-order valence-corrected chi connectivity index (χ3v) is 8.38. The van der Waals surface area contributed by atoms with Crippen molar-refractivity contribution in [2.75, 3.05) is 38.6 Å². The largest absolute Gasteiger partial charge is 0.378 e. The third-order valence-electron chi connectivity index (χ3n) is 8.38. The summed E-state index contributed by atoms with van der Waals surface area (Å²) in [6, 6.07) is 12.1. The molecule has 3 saturated heterocycles. The van der Waals surface area contributed by atoms with Crippen LogP contribution in [-0.4, -0.2) is 54.5 Å². The molecule has 174 valence electrons. The Balaban J connectivity index is 1.16. The van der Waals surface area contributed by atoms with Gasteiger partial charge in [-0.1, -0.05) is 31.4 Å². The number of hydrogen-bond donors (Lipinski definition) is 1. The molecule has 2 bridgehead atoms. The summed E-state index contributed by atoms with van der Waals surface area (Å²) in [5, 5.41) is 8.74. The van der Waals surface area contributed by atoms with Gasteiger partial charge in [-0.2, -0.15) is 5.10 Å². The average Bonchev–Trinajstić information content (AvgIpc) is 3.22. The molecule has 32 heavy (non-hydrogen) atoms. The van der Waals surface area contributed by atoms with Crippen LogP contribution in [-0.2, 0) is 13.6 Å².